The van der Waals surface area contributed by atoms with Crippen LogP contribution in [0.1, 0.15) is 16.7 Å². The van der Waals surface area contributed by atoms with Gasteiger partial charge in [0.15, 0.2) is 5.96 Å². The molecule has 134 valence electrons. The van der Waals surface area contributed by atoms with Gasteiger partial charge in [0.25, 0.3) is 0 Å². The minimum atomic E-state index is -0.566. The monoisotopic (exact) mass is 347 g/mol. The number of methoxy groups -OCH3 is 1. The zero-order valence-electron chi connectivity index (χ0n) is 14.7. The fourth-order valence-electron chi connectivity index (χ4n) is 2.48. The number of nitrogens with one attached hydrogen (secondary N) is 2. The maximum atomic E-state index is 13.2. The Labute approximate surface area is 146 Å². The van der Waals surface area contributed by atoms with Gasteiger partial charge in [-0.25, -0.2) is 8.78 Å². The van der Waals surface area contributed by atoms with Crippen LogP contribution in [0.4, 0.5) is 8.78 Å². The van der Waals surface area contributed by atoms with Gasteiger partial charge in [-0.2, -0.15) is 0 Å². The summed E-state index contributed by atoms with van der Waals surface area (Å²) in [5.74, 6) is 0.297. The highest BCUT2D eigenvalue weighted by Crippen LogP contribution is 2.19. The standard InChI is InChI=1S/C19H23F2N3O/c1-13-4-5-15(18(8-13)25-3)12-24-19(22-2)23-7-6-14-9-16(20)11-17(21)10-14/h4-5,8-11H,6-7,12H2,1-3H3,(H2,22,23,24). The molecule has 0 heterocycles. The van der Waals surface area contributed by atoms with Gasteiger partial charge in [0.05, 0.1) is 7.11 Å². The molecule has 0 unspecified atom stereocenters. The van der Waals surface area contributed by atoms with E-state index in [1.807, 2.05) is 25.1 Å². The molecule has 25 heavy (non-hydrogen) atoms. The molecule has 0 saturated carbocycles. The van der Waals surface area contributed by atoms with Gasteiger partial charge in [-0.1, -0.05) is 12.1 Å². The molecule has 2 N–H and O–H groups in total. The molecule has 2 rings (SSSR count). The van der Waals surface area contributed by atoms with Crippen molar-refractivity contribution in [3.05, 3.63) is 64.7 Å². The Hall–Kier alpha value is -2.63. The number of halogens is 2. The number of rotatable bonds is 6. The van der Waals surface area contributed by atoms with E-state index in [2.05, 4.69) is 15.6 Å². The maximum absolute atomic E-state index is 13.2. The Morgan fingerprint density at radius 2 is 1.80 bits per heavy atom. The second-order valence-corrected chi connectivity index (χ2v) is 5.70. The lowest BCUT2D eigenvalue weighted by Crippen LogP contribution is -2.37. The van der Waals surface area contributed by atoms with Crippen molar-refractivity contribution in [2.45, 2.75) is 19.9 Å². The molecule has 0 aromatic heterocycles. The summed E-state index contributed by atoms with van der Waals surface area (Å²) in [7, 11) is 3.31. The Kier molecular flexibility index (Phi) is 6.74. The molecular formula is C19H23F2N3O. The van der Waals surface area contributed by atoms with Crippen LogP contribution in [0.5, 0.6) is 5.75 Å². The molecule has 0 bridgehead atoms. The number of nitrogens with zero attached hydrogens (tertiary/aromatic N) is 1. The van der Waals surface area contributed by atoms with Crippen LogP contribution >= 0.6 is 0 Å². The molecule has 4 nitrogen and oxygen atoms in total. The first-order valence-corrected chi connectivity index (χ1v) is 8.05. The van der Waals surface area contributed by atoms with Crippen molar-refractivity contribution in [3.8, 4) is 5.75 Å². The summed E-state index contributed by atoms with van der Waals surface area (Å²) in [6, 6.07) is 9.53. The summed E-state index contributed by atoms with van der Waals surface area (Å²) in [6.07, 6.45) is 0.489. The first kappa shape index (κ1) is 18.7. The van der Waals surface area contributed by atoms with E-state index in [0.29, 0.717) is 31.0 Å². The van der Waals surface area contributed by atoms with E-state index in [1.54, 1.807) is 14.2 Å². The minimum absolute atomic E-state index is 0.489. The summed E-state index contributed by atoms with van der Waals surface area (Å²) < 4.78 is 31.7. The van der Waals surface area contributed by atoms with Gasteiger partial charge in [-0.05, 0) is 42.7 Å². The van der Waals surface area contributed by atoms with Crippen molar-refractivity contribution in [1.82, 2.24) is 10.6 Å². The molecule has 0 aliphatic heterocycles. The van der Waals surface area contributed by atoms with Gasteiger partial charge in [-0.3, -0.25) is 4.99 Å². The lowest BCUT2D eigenvalue weighted by atomic mass is 10.1. The van der Waals surface area contributed by atoms with Crippen molar-refractivity contribution in [3.63, 3.8) is 0 Å². The van der Waals surface area contributed by atoms with E-state index in [4.69, 9.17) is 4.74 Å². The second kappa shape index (κ2) is 9.01. The summed E-state index contributed by atoms with van der Waals surface area (Å²) in [4.78, 5) is 4.15. The predicted molar refractivity (Wildman–Crippen MR) is 96.0 cm³/mol. The van der Waals surface area contributed by atoms with Crippen molar-refractivity contribution in [2.24, 2.45) is 4.99 Å². The number of aryl methyl sites for hydroxylation is 1. The Morgan fingerprint density at radius 1 is 1.08 bits per heavy atom. The maximum Gasteiger partial charge on any atom is 0.191 e. The highest BCUT2D eigenvalue weighted by molar-refractivity contribution is 5.79. The number of aliphatic imine (C=N–C) groups is 1. The average Bonchev–Trinajstić information content (AvgIpc) is 2.57. The number of guanidine groups is 1. The molecular weight excluding hydrogens is 324 g/mol. The molecule has 0 spiro atoms. The minimum Gasteiger partial charge on any atom is -0.496 e. The van der Waals surface area contributed by atoms with Gasteiger partial charge in [-0.15, -0.1) is 0 Å². The average molecular weight is 347 g/mol. The SMILES string of the molecule is CN=C(NCCc1cc(F)cc(F)c1)NCc1ccc(C)cc1OC. The van der Waals surface area contributed by atoms with Crippen molar-refractivity contribution < 1.29 is 13.5 Å². The van der Waals surface area contributed by atoms with E-state index in [-0.39, 0.29) is 0 Å². The molecule has 2 aromatic rings. The third kappa shape index (κ3) is 5.74. The number of hydrogen-bond acceptors (Lipinski definition) is 2. The highest BCUT2D eigenvalue weighted by atomic mass is 19.1. The van der Waals surface area contributed by atoms with Crippen LogP contribution < -0.4 is 15.4 Å². The summed E-state index contributed by atoms with van der Waals surface area (Å²) >= 11 is 0. The number of hydrogen-bond donors (Lipinski definition) is 2. The second-order valence-electron chi connectivity index (χ2n) is 5.70. The van der Waals surface area contributed by atoms with Gasteiger partial charge in [0, 0.05) is 31.8 Å². The topological polar surface area (TPSA) is 45.7 Å². The van der Waals surface area contributed by atoms with Gasteiger partial charge >= 0.3 is 0 Å². The molecule has 0 fully saturated rings. The third-order valence-electron chi connectivity index (χ3n) is 3.74. The van der Waals surface area contributed by atoms with Crippen LogP contribution in [0.15, 0.2) is 41.4 Å². The quantitative estimate of drug-likeness (QED) is 0.623. The molecule has 0 atom stereocenters. The molecule has 0 radical (unpaired) electrons. The Morgan fingerprint density at radius 3 is 2.44 bits per heavy atom. The van der Waals surface area contributed by atoms with Crippen LogP contribution in [0.2, 0.25) is 0 Å². The van der Waals surface area contributed by atoms with Crippen LogP contribution in [-0.4, -0.2) is 26.7 Å². The van der Waals surface area contributed by atoms with E-state index < -0.39 is 11.6 Å². The number of benzene rings is 2. The van der Waals surface area contributed by atoms with Crippen LogP contribution in [0, 0.1) is 18.6 Å². The summed E-state index contributed by atoms with van der Waals surface area (Å²) in [6.45, 7) is 3.07. The van der Waals surface area contributed by atoms with Gasteiger partial charge in [0.2, 0.25) is 0 Å². The van der Waals surface area contributed by atoms with Crippen LogP contribution in [0.25, 0.3) is 0 Å². The van der Waals surface area contributed by atoms with Crippen LogP contribution in [-0.2, 0) is 13.0 Å². The number of ether oxygens (including phenoxy) is 1. The van der Waals surface area contributed by atoms with Crippen molar-refractivity contribution in [2.75, 3.05) is 20.7 Å². The lowest BCUT2D eigenvalue weighted by molar-refractivity contribution is 0.408. The van der Waals surface area contributed by atoms with E-state index in [1.165, 1.54) is 12.1 Å². The third-order valence-corrected chi connectivity index (χ3v) is 3.74. The fraction of sp³-hybridized carbons (Fsp3) is 0.316. The van der Waals surface area contributed by atoms with E-state index >= 15 is 0 Å². The predicted octanol–water partition coefficient (Wildman–Crippen LogP) is 3.19. The molecule has 2 aromatic carbocycles. The van der Waals surface area contributed by atoms with E-state index in [9.17, 15) is 8.78 Å². The molecule has 0 saturated heterocycles. The Bertz CT molecular complexity index is 727. The lowest BCUT2D eigenvalue weighted by Gasteiger charge is -2.14. The molecule has 6 heteroatoms. The first-order chi connectivity index (χ1) is 12.0. The zero-order valence-corrected chi connectivity index (χ0v) is 14.7. The van der Waals surface area contributed by atoms with E-state index in [0.717, 1.165) is 22.9 Å². The molecule has 0 aliphatic rings. The van der Waals surface area contributed by atoms with Crippen molar-refractivity contribution in [1.29, 1.82) is 0 Å². The summed E-state index contributed by atoms with van der Waals surface area (Å²) in [5, 5.41) is 6.33. The Balaban J connectivity index is 1.87. The fourth-order valence-corrected chi connectivity index (χ4v) is 2.48. The van der Waals surface area contributed by atoms with Crippen molar-refractivity contribution >= 4 is 5.96 Å². The van der Waals surface area contributed by atoms with Gasteiger partial charge < -0.3 is 15.4 Å². The summed E-state index contributed by atoms with van der Waals surface area (Å²) in [5.41, 5.74) is 2.74. The molecule has 0 amide bonds. The van der Waals surface area contributed by atoms with Gasteiger partial charge in [0.1, 0.15) is 17.4 Å². The van der Waals surface area contributed by atoms with Crippen LogP contribution in [0.3, 0.4) is 0 Å². The first-order valence-electron chi connectivity index (χ1n) is 8.05. The highest BCUT2D eigenvalue weighted by Gasteiger charge is 2.05. The smallest absolute Gasteiger partial charge is 0.191 e. The molecule has 0 aliphatic carbocycles. The largest absolute Gasteiger partial charge is 0.496 e. The zero-order chi connectivity index (χ0) is 18.2. The normalized spacial score (nSPS) is 11.3.